The molecule has 3 aliphatic heterocycles. The van der Waals surface area contributed by atoms with Crippen molar-refractivity contribution < 1.29 is 14.4 Å². The monoisotopic (exact) mass is 441 g/mol. The molecule has 4 heterocycles. The molecule has 2 saturated heterocycles. The fourth-order valence-corrected chi connectivity index (χ4v) is 5.08. The van der Waals surface area contributed by atoms with Crippen LogP contribution in [0.2, 0.25) is 0 Å². The Bertz CT molecular complexity index is 892. The van der Waals surface area contributed by atoms with Gasteiger partial charge in [-0.3, -0.25) is 19.3 Å². The predicted molar refractivity (Wildman–Crippen MR) is 121 cm³/mol. The van der Waals surface area contributed by atoms with Crippen molar-refractivity contribution in [2.75, 3.05) is 24.5 Å². The standard InChI is InChI=1S/C24H35N5O3/c1-15(2)14-29-22(32)9-6-19-16(3)25-23(27-24(19)29)17-10-12-28(13-11-17)21(31)8-5-18-4-7-20(30)26-18/h15,17-18H,4-14H2,1-3H3,(H,26,30)/t18-/m1/s1. The molecule has 8 heteroatoms. The lowest BCUT2D eigenvalue weighted by Crippen LogP contribution is -2.40. The molecular weight excluding hydrogens is 406 g/mol. The molecule has 1 N–H and O–H groups in total. The van der Waals surface area contributed by atoms with Gasteiger partial charge in [0.05, 0.1) is 0 Å². The second-order valence-corrected chi connectivity index (χ2v) is 9.86. The van der Waals surface area contributed by atoms with Crippen molar-refractivity contribution in [3.63, 3.8) is 0 Å². The fraction of sp³-hybridized carbons (Fsp3) is 0.708. The molecule has 0 unspecified atom stereocenters. The fourth-order valence-electron chi connectivity index (χ4n) is 5.08. The van der Waals surface area contributed by atoms with E-state index in [9.17, 15) is 14.4 Å². The van der Waals surface area contributed by atoms with Crippen LogP contribution in [0, 0.1) is 12.8 Å². The third kappa shape index (κ3) is 4.94. The van der Waals surface area contributed by atoms with E-state index in [1.54, 1.807) is 0 Å². The molecule has 0 aromatic carbocycles. The van der Waals surface area contributed by atoms with Crippen LogP contribution in [0.1, 0.15) is 81.8 Å². The summed E-state index contributed by atoms with van der Waals surface area (Å²) in [6.45, 7) is 8.33. The molecule has 0 aliphatic carbocycles. The van der Waals surface area contributed by atoms with Gasteiger partial charge in [-0.1, -0.05) is 13.8 Å². The second-order valence-electron chi connectivity index (χ2n) is 9.86. The average Bonchev–Trinajstić information content (AvgIpc) is 3.19. The zero-order valence-corrected chi connectivity index (χ0v) is 19.5. The summed E-state index contributed by atoms with van der Waals surface area (Å²) in [5.41, 5.74) is 2.07. The predicted octanol–water partition coefficient (Wildman–Crippen LogP) is 2.49. The summed E-state index contributed by atoms with van der Waals surface area (Å²) in [6.07, 6.45) is 5.51. The van der Waals surface area contributed by atoms with Crippen LogP contribution in [-0.4, -0.2) is 58.3 Å². The molecule has 32 heavy (non-hydrogen) atoms. The van der Waals surface area contributed by atoms with E-state index < -0.39 is 0 Å². The first-order valence-electron chi connectivity index (χ1n) is 12.1. The maximum Gasteiger partial charge on any atom is 0.228 e. The minimum atomic E-state index is 0.0947. The van der Waals surface area contributed by atoms with Gasteiger partial charge >= 0.3 is 0 Å². The Labute approximate surface area is 190 Å². The molecule has 1 aromatic heterocycles. The SMILES string of the molecule is Cc1nc(C2CCN(C(=O)CC[C@H]3CCC(=O)N3)CC2)nc2c1CCC(=O)N2CC(C)C. The number of aryl methyl sites for hydroxylation is 1. The number of amides is 3. The van der Waals surface area contributed by atoms with Crippen LogP contribution in [0.25, 0.3) is 0 Å². The zero-order valence-electron chi connectivity index (χ0n) is 19.5. The number of likely N-dealkylation sites (tertiary alicyclic amines) is 1. The van der Waals surface area contributed by atoms with E-state index in [4.69, 9.17) is 9.97 Å². The minimum absolute atomic E-state index is 0.0947. The highest BCUT2D eigenvalue weighted by Crippen LogP contribution is 2.33. The molecule has 3 aliphatic rings. The largest absolute Gasteiger partial charge is 0.353 e. The number of nitrogens with zero attached hydrogens (tertiary/aromatic N) is 4. The van der Waals surface area contributed by atoms with Crippen molar-refractivity contribution >= 4 is 23.5 Å². The Hall–Kier alpha value is -2.51. The van der Waals surface area contributed by atoms with Crippen molar-refractivity contribution in [3.05, 3.63) is 17.1 Å². The van der Waals surface area contributed by atoms with E-state index >= 15 is 0 Å². The number of nitrogens with one attached hydrogen (secondary N) is 1. The van der Waals surface area contributed by atoms with Gasteiger partial charge in [-0.15, -0.1) is 0 Å². The molecular formula is C24H35N5O3. The molecule has 0 radical (unpaired) electrons. The Morgan fingerprint density at radius 2 is 1.84 bits per heavy atom. The molecule has 4 rings (SSSR count). The maximum absolute atomic E-state index is 12.6. The zero-order chi connectivity index (χ0) is 22.8. The van der Waals surface area contributed by atoms with Gasteiger partial charge in [0.2, 0.25) is 17.7 Å². The Kier molecular flexibility index (Phi) is 6.76. The van der Waals surface area contributed by atoms with Crippen LogP contribution in [0.3, 0.4) is 0 Å². The lowest BCUT2D eigenvalue weighted by molar-refractivity contribution is -0.132. The number of carbonyl (C=O) groups is 3. The van der Waals surface area contributed by atoms with Gasteiger partial charge in [-0.25, -0.2) is 9.97 Å². The molecule has 0 spiro atoms. The van der Waals surface area contributed by atoms with Gasteiger partial charge in [-0.2, -0.15) is 0 Å². The van der Waals surface area contributed by atoms with Gasteiger partial charge in [0.1, 0.15) is 11.6 Å². The first-order chi connectivity index (χ1) is 15.3. The summed E-state index contributed by atoms with van der Waals surface area (Å²) in [4.78, 5) is 50.1. The molecule has 174 valence electrons. The van der Waals surface area contributed by atoms with Gasteiger partial charge in [0.15, 0.2) is 0 Å². The average molecular weight is 442 g/mol. The van der Waals surface area contributed by atoms with E-state index in [2.05, 4.69) is 19.2 Å². The highest BCUT2D eigenvalue weighted by Gasteiger charge is 2.32. The number of rotatable bonds is 6. The molecule has 1 atom stereocenters. The quantitative estimate of drug-likeness (QED) is 0.732. The Morgan fingerprint density at radius 1 is 1.09 bits per heavy atom. The topological polar surface area (TPSA) is 95.5 Å². The van der Waals surface area contributed by atoms with Gasteiger partial charge in [0.25, 0.3) is 0 Å². The summed E-state index contributed by atoms with van der Waals surface area (Å²) >= 11 is 0. The second kappa shape index (κ2) is 9.55. The lowest BCUT2D eigenvalue weighted by atomic mass is 9.94. The molecule has 8 nitrogen and oxygen atoms in total. The van der Waals surface area contributed by atoms with E-state index in [0.29, 0.717) is 51.2 Å². The van der Waals surface area contributed by atoms with Crippen LogP contribution in [0.4, 0.5) is 5.82 Å². The van der Waals surface area contributed by atoms with Crippen molar-refractivity contribution in [1.29, 1.82) is 0 Å². The lowest BCUT2D eigenvalue weighted by Gasteiger charge is -2.34. The van der Waals surface area contributed by atoms with Crippen molar-refractivity contribution in [1.82, 2.24) is 20.2 Å². The summed E-state index contributed by atoms with van der Waals surface area (Å²) in [5.74, 6) is 2.60. The normalized spacial score (nSPS) is 21.8. The number of carbonyl (C=O) groups excluding carboxylic acids is 3. The van der Waals surface area contributed by atoms with Crippen molar-refractivity contribution in [3.8, 4) is 0 Å². The van der Waals surface area contributed by atoms with Crippen molar-refractivity contribution in [2.45, 2.75) is 84.1 Å². The molecule has 2 fully saturated rings. The number of fused-ring (bicyclic) bond motifs is 1. The summed E-state index contributed by atoms with van der Waals surface area (Å²) in [6, 6.07) is 0.146. The number of anilines is 1. The number of aromatic nitrogens is 2. The van der Waals surface area contributed by atoms with E-state index in [0.717, 1.165) is 48.6 Å². The van der Waals surface area contributed by atoms with Crippen LogP contribution >= 0.6 is 0 Å². The Balaban J connectivity index is 1.38. The highest BCUT2D eigenvalue weighted by molar-refractivity contribution is 5.95. The molecule has 3 amide bonds. The summed E-state index contributed by atoms with van der Waals surface area (Å²) in [5, 5.41) is 2.94. The minimum Gasteiger partial charge on any atom is -0.353 e. The van der Waals surface area contributed by atoms with Gasteiger partial charge in [-0.05, 0) is 44.9 Å². The van der Waals surface area contributed by atoms with Crippen LogP contribution in [0.15, 0.2) is 0 Å². The third-order valence-corrected chi connectivity index (χ3v) is 6.91. The van der Waals surface area contributed by atoms with Crippen LogP contribution in [-0.2, 0) is 20.8 Å². The Morgan fingerprint density at radius 3 is 2.50 bits per heavy atom. The van der Waals surface area contributed by atoms with Crippen LogP contribution < -0.4 is 10.2 Å². The van der Waals surface area contributed by atoms with Gasteiger partial charge < -0.3 is 10.2 Å². The first-order valence-corrected chi connectivity index (χ1v) is 12.1. The van der Waals surface area contributed by atoms with E-state index in [-0.39, 0.29) is 29.7 Å². The smallest absolute Gasteiger partial charge is 0.228 e. The summed E-state index contributed by atoms with van der Waals surface area (Å²) < 4.78 is 0. The van der Waals surface area contributed by atoms with Crippen molar-refractivity contribution in [2.24, 2.45) is 5.92 Å². The van der Waals surface area contributed by atoms with E-state index in [1.807, 2.05) is 16.7 Å². The third-order valence-electron chi connectivity index (χ3n) is 6.91. The van der Waals surface area contributed by atoms with Gasteiger partial charge in [0, 0.05) is 62.1 Å². The number of hydrogen-bond acceptors (Lipinski definition) is 5. The maximum atomic E-state index is 12.6. The molecule has 1 aromatic rings. The summed E-state index contributed by atoms with van der Waals surface area (Å²) in [7, 11) is 0. The molecule has 0 bridgehead atoms. The van der Waals surface area contributed by atoms with E-state index in [1.165, 1.54) is 0 Å². The first kappa shape index (κ1) is 22.7. The molecule has 0 saturated carbocycles. The van der Waals surface area contributed by atoms with Crippen LogP contribution in [0.5, 0.6) is 0 Å². The number of hydrogen-bond donors (Lipinski definition) is 1. The highest BCUT2D eigenvalue weighted by atomic mass is 16.2. The number of piperidine rings is 1.